The van der Waals surface area contributed by atoms with Crippen molar-refractivity contribution >= 4 is 22.5 Å². The van der Waals surface area contributed by atoms with Crippen LogP contribution in [-0.4, -0.2) is 31.2 Å². The number of fused-ring (bicyclic) bond motifs is 1. The minimum Gasteiger partial charge on any atom is -0.474 e. The molecule has 0 fully saturated rings. The Morgan fingerprint density at radius 3 is 2.92 bits per heavy atom. The molecule has 0 amide bonds. The molecule has 0 spiro atoms. The fraction of sp³-hybridized carbons (Fsp3) is 0.176. The highest BCUT2D eigenvalue weighted by Crippen LogP contribution is 2.30. The third kappa shape index (κ3) is 2.94. The summed E-state index contributed by atoms with van der Waals surface area (Å²) < 4.78 is 10.9. The molecular weight excluding hydrogens is 342 g/mol. The number of ether oxygens (including phenoxy) is 1. The first-order valence-electron chi connectivity index (χ1n) is 7.69. The van der Waals surface area contributed by atoms with Crippen LogP contribution in [0.25, 0.3) is 33.7 Å². The van der Waals surface area contributed by atoms with Gasteiger partial charge in [-0.2, -0.15) is 4.98 Å². The normalized spacial score (nSPS) is 11.4. The molecule has 7 nitrogen and oxygen atoms in total. The van der Waals surface area contributed by atoms with Crippen LogP contribution in [0.4, 0.5) is 0 Å². The van der Waals surface area contributed by atoms with E-state index in [0.717, 1.165) is 16.5 Å². The number of H-pyrrole nitrogens is 1. The third-order valence-electron chi connectivity index (χ3n) is 3.55. The average Bonchev–Trinajstić information content (AvgIpc) is 3.24. The van der Waals surface area contributed by atoms with Gasteiger partial charge < -0.3 is 14.2 Å². The van der Waals surface area contributed by atoms with Crippen molar-refractivity contribution in [1.29, 1.82) is 0 Å². The van der Waals surface area contributed by atoms with Crippen LogP contribution in [0.2, 0.25) is 5.02 Å². The van der Waals surface area contributed by atoms with Gasteiger partial charge in [0, 0.05) is 24.0 Å². The maximum atomic E-state index is 6.22. The highest BCUT2D eigenvalue weighted by Gasteiger charge is 2.16. The molecule has 0 aliphatic heterocycles. The second-order valence-corrected chi connectivity index (χ2v) is 6.13. The predicted molar refractivity (Wildman–Crippen MR) is 93.4 cm³/mol. The fourth-order valence-electron chi connectivity index (χ4n) is 2.46. The molecule has 0 saturated carbocycles. The van der Waals surface area contributed by atoms with E-state index in [1.807, 2.05) is 26.1 Å². The van der Waals surface area contributed by atoms with Crippen molar-refractivity contribution in [1.82, 2.24) is 25.1 Å². The molecule has 1 N–H and O–H groups in total. The third-order valence-corrected chi connectivity index (χ3v) is 3.82. The number of pyridine rings is 2. The summed E-state index contributed by atoms with van der Waals surface area (Å²) >= 11 is 6.22. The van der Waals surface area contributed by atoms with Crippen LogP contribution < -0.4 is 4.74 Å². The Hall–Kier alpha value is -2.93. The molecule has 4 aromatic heterocycles. The van der Waals surface area contributed by atoms with Crippen molar-refractivity contribution in [3.05, 3.63) is 41.9 Å². The molecule has 25 heavy (non-hydrogen) atoms. The van der Waals surface area contributed by atoms with E-state index < -0.39 is 0 Å². The van der Waals surface area contributed by atoms with Crippen LogP contribution in [0.15, 0.2) is 41.4 Å². The predicted octanol–water partition coefficient (Wildman–Crippen LogP) is 4.12. The Balaban J connectivity index is 1.70. The summed E-state index contributed by atoms with van der Waals surface area (Å²) in [6.07, 6.45) is 6.87. The first-order valence-corrected chi connectivity index (χ1v) is 8.07. The van der Waals surface area contributed by atoms with E-state index in [-0.39, 0.29) is 6.10 Å². The molecule has 0 saturated heterocycles. The SMILES string of the molecule is CC(C)Oc1ncc(-c2nc(-c3cncc4[nH]ccc34)no2)cc1Cl. The lowest BCUT2D eigenvalue weighted by Crippen LogP contribution is -2.07. The van der Waals surface area contributed by atoms with Crippen LogP contribution >= 0.6 is 11.6 Å². The molecule has 8 heteroatoms. The standard InChI is InChI=1S/C17H14ClN5O2/c1-9(2)24-17-13(18)5-10(6-21-17)16-22-15(23-25-16)12-7-19-8-14-11(12)3-4-20-14/h3-9,20H,1-2H3. The summed E-state index contributed by atoms with van der Waals surface area (Å²) in [4.78, 5) is 16.0. The molecule has 0 atom stereocenters. The Bertz CT molecular complexity index is 1040. The Morgan fingerprint density at radius 1 is 1.24 bits per heavy atom. The minimum atomic E-state index is -0.0137. The first kappa shape index (κ1) is 15.6. The zero-order valence-corrected chi connectivity index (χ0v) is 14.3. The minimum absolute atomic E-state index is 0.0137. The highest BCUT2D eigenvalue weighted by atomic mass is 35.5. The monoisotopic (exact) mass is 355 g/mol. The van der Waals surface area contributed by atoms with Gasteiger partial charge in [-0.25, -0.2) is 4.98 Å². The topological polar surface area (TPSA) is 89.7 Å². The Labute approximate surface area is 148 Å². The molecule has 4 rings (SSSR count). The highest BCUT2D eigenvalue weighted by molar-refractivity contribution is 6.32. The number of halogens is 1. The van der Waals surface area contributed by atoms with Crippen molar-refractivity contribution in [2.24, 2.45) is 0 Å². The fourth-order valence-corrected chi connectivity index (χ4v) is 2.67. The van der Waals surface area contributed by atoms with Gasteiger partial charge in [0.1, 0.15) is 5.02 Å². The zero-order valence-electron chi connectivity index (χ0n) is 13.5. The summed E-state index contributed by atoms with van der Waals surface area (Å²) in [6, 6.07) is 3.64. The van der Waals surface area contributed by atoms with E-state index >= 15 is 0 Å². The molecule has 0 aromatic carbocycles. The lowest BCUT2D eigenvalue weighted by atomic mass is 10.2. The molecule has 0 aliphatic rings. The Morgan fingerprint density at radius 2 is 2.12 bits per heavy atom. The number of aromatic amines is 1. The molecule has 4 aromatic rings. The molecule has 0 unspecified atom stereocenters. The molecule has 126 valence electrons. The van der Waals surface area contributed by atoms with Crippen molar-refractivity contribution < 1.29 is 9.26 Å². The van der Waals surface area contributed by atoms with Gasteiger partial charge in [0.2, 0.25) is 11.7 Å². The molecule has 0 bridgehead atoms. The van der Waals surface area contributed by atoms with Crippen LogP contribution in [0.1, 0.15) is 13.8 Å². The molecule has 0 aliphatic carbocycles. The first-order chi connectivity index (χ1) is 12.1. The van der Waals surface area contributed by atoms with E-state index in [9.17, 15) is 0 Å². The van der Waals surface area contributed by atoms with Crippen molar-refractivity contribution in [3.63, 3.8) is 0 Å². The van der Waals surface area contributed by atoms with Gasteiger partial charge in [-0.05, 0) is 26.0 Å². The van der Waals surface area contributed by atoms with Crippen LogP contribution in [0.3, 0.4) is 0 Å². The summed E-state index contributed by atoms with van der Waals surface area (Å²) in [6.45, 7) is 3.82. The van der Waals surface area contributed by atoms with Gasteiger partial charge in [0.15, 0.2) is 0 Å². The zero-order chi connectivity index (χ0) is 17.4. The average molecular weight is 356 g/mol. The lowest BCUT2D eigenvalue weighted by molar-refractivity contribution is 0.233. The van der Waals surface area contributed by atoms with Gasteiger partial charge >= 0.3 is 0 Å². The van der Waals surface area contributed by atoms with Gasteiger partial charge in [-0.1, -0.05) is 16.8 Å². The summed E-state index contributed by atoms with van der Waals surface area (Å²) in [5.41, 5.74) is 2.31. The largest absolute Gasteiger partial charge is 0.474 e. The van der Waals surface area contributed by atoms with Crippen molar-refractivity contribution in [2.45, 2.75) is 20.0 Å². The van der Waals surface area contributed by atoms with Crippen molar-refractivity contribution in [3.8, 4) is 28.7 Å². The second-order valence-electron chi connectivity index (χ2n) is 5.73. The number of rotatable bonds is 4. The number of nitrogens with one attached hydrogen (secondary N) is 1. The van der Waals surface area contributed by atoms with Crippen LogP contribution in [-0.2, 0) is 0 Å². The number of hydrogen-bond acceptors (Lipinski definition) is 6. The van der Waals surface area contributed by atoms with Crippen LogP contribution in [0, 0.1) is 0 Å². The molecule has 0 radical (unpaired) electrons. The molecular formula is C17H14ClN5O2. The Kier molecular flexibility index (Phi) is 3.85. The summed E-state index contributed by atoms with van der Waals surface area (Å²) in [5.74, 6) is 1.15. The number of aromatic nitrogens is 5. The van der Waals surface area contributed by atoms with Crippen molar-refractivity contribution in [2.75, 3.05) is 0 Å². The quantitative estimate of drug-likeness (QED) is 0.592. The lowest BCUT2D eigenvalue weighted by Gasteiger charge is -2.09. The van der Waals surface area contributed by atoms with Gasteiger partial charge in [0.25, 0.3) is 5.89 Å². The van der Waals surface area contributed by atoms with Gasteiger partial charge in [-0.3, -0.25) is 4.98 Å². The summed E-state index contributed by atoms with van der Waals surface area (Å²) in [5, 5.41) is 5.41. The number of nitrogens with zero attached hydrogens (tertiary/aromatic N) is 4. The van der Waals surface area contributed by atoms with Gasteiger partial charge in [0.05, 0.1) is 28.9 Å². The van der Waals surface area contributed by atoms with E-state index in [4.69, 9.17) is 20.9 Å². The van der Waals surface area contributed by atoms with E-state index in [2.05, 4.69) is 25.1 Å². The van der Waals surface area contributed by atoms with Gasteiger partial charge in [-0.15, -0.1) is 0 Å². The van der Waals surface area contributed by atoms with E-state index in [0.29, 0.717) is 28.2 Å². The number of hydrogen-bond donors (Lipinski definition) is 1. The maximum absolute atomic E-state index is 6.22. The summed E-state index contributed by atoms with van der Waals surface area (Å²) in [7, 11) is 0. The maximum Gasteiger partial charge on any atom is 0.259 e. The second kappa shape index (κ2) is 6.18. The van der Waals surface area contributed by atoms with E-state index in [1.165, 1.54) is 0 Å². The molecule has 4 heterocycles. The van der Waals surface area contributed by atoms with E-state index in [1.54, 1.807) is 24.7 Å². The van der Waals surface area contributed by atoms with Crippen LogP contribution in [0.5, 0.6) is 5.88 Å². The smallest absolute Gasteiger partial charge is 0.259 e.